The van der Waals surface area contributed by atoms with E-state index in [-0.39, 0.29) is 19.0 Å². The molecule has 414 valence electrons. The van der Waals surface area contributed by atoms with E-state index in [2.05, 4.69) is 36.1 Å². The number of carbonyl (C=O) groups is 3. The number of hydrazine groups is 2. The van der Waals surface area contributed by atoms with E-state index in [9.17, 15) is 39.6 Å². The van der Waals surface area contributed by atoms with Crippen molar-refractivity contribution in [1.29, 1.82) is 0 Å². The number of benzene rings is 3. The van der Waals surface area contributed by atoms with Crippen LogP contribution in [0.2, 0.25) is 0 Å². The van der Waals surface area contributed by atoms with E-state index in [1.807, 2.05) is 115 Å². The molecule has 4 N–H and O–H groups in total. The monoisotopic (exact) mass is 1240 g/mol. The van der Waals surface area contributed by atoms with Crippen LogP contribution in [0.15, 0.2) is 91.0 Å². The molecule has 74 heavy (non-hydrogen) atoms. The lowest BCUT2D eigenvalue weighted by molar-refractivity contribution is -0.117. The molecule has 0 atom stereocenters. The molecule has 18 nitrogen and oxygen atoms in total. The zero-order valence-electron chi connectivity index (χ0n) is 42.6. The molecule has 0 amide bonds. The third kappa shape index (κ3) is 33.4. The zero-order chi connectivity index (χ0) is 57.6. The van der Waals surface area contributed by atoms with E-state index in [0.29, 0.717) is 38.3 Å². The summed E-state index contributed by atoms with van der Waals surface area (Å²) in [6.45, 7) is 11.1. The molecule has 0 aliphatic heterocycles. The Kier molecular flexibility index (Phi) is 36.4. The summed E-state index contributed by atoms with van der Waals surface area (Å²) in [5.41, 5.74) is 2.60. The summed E-state index contributed by atoms with van der Waals surface area (Å²) in [5.74, 6) is 7.67. The standard InChI is InChI=1S/C18H27N3O3S3.C11H12ClNO3S2.C8H10N2S.C6H15N3S.C2H2Cl2O3S/c1-5-21(6-2)18(26)20(4)14-27(23,24)13-16(22)12-19(3)17(25)15-10-8-7-9-11-15;1-13(7-10(14)8-18(12,15)16)11(17)9-5-3-2-4-6-9;1-10(9)8(11)7-5-3-2-4-6-7;1-4-9(5-2)6(10)8(3)7;3-2(5)1-8(4,6)7/h7-11H,5-6,12-14H2,1-4H3;2-6H,7-8H2,1H3;2-6H,9H2,1H3;4-5,7H2,1-3H3;1H2. The van der Waals surface area contributed by atoms with Gasteiger partial charge in [-0.2, -0.15) is 0 Å². The summed E-state index contributed by atoms with van der Waals surface area (Å²) in [6, 6.07) is 28.2. The fourth-order valence-corrected chi connectivity index (χ4v) is 10.2. The van der Waals surface area contributed by atoms with E-state index in [4.69, 9.17) is 83.5 Å². The van der Waals surface area contributed by atoms with Gasteiger partial charge >= 0.3 is 0 Å². The number of halogens is 3. The zero-order valence-corrected chi connectivity index (χ0v) is 51.4. The maximum atomic E-state index is 12.4. The molecule has 0 aromatic heterocycles. The highest BCUT2D eigenvalue weighted by molar-refractivity contribution is 8.14. The van der Waals surface area contributed by atoms with Crippen LogP contribution in [0.3, 0.4) is 0 Å². The van der Waals surface area contributed by atoms with Crippen molar-refractivity contribution in [3.05, 3.63) is 108 Å². The van der Waals surface area contributed by atoms with Crippen LogP contribution in [0.5, 0.6) is 0 Å². The van der Waals surface area contributed by atoms with Gasteiger partial charge in [-0.15, -0.1) is 0 Å². The molecule has 0 saturated heterocycles. The van der Waals surface area contributed by atoms with Crippen LogP contribution >= 0.6 is 94.1 Å². The van der Waals surface area contributed by atoms with Crippen molar-refractivity contribution >= 4 is 164 Å². The van der Waals surface area contributed by atoms with E-state index in [1.165, 1.54) is 19.8 Å². The maximum absolute atomic E-state index is 12.4. The summed E-state index contributed by atoms with van der Waals surface area (Å²) < 4.78 is 66.1. The van der Waals surface area contributed by atoms with Crippen LogP contribution in [0, 0.1) is 0 Å². The molecule has 0 heterocycles. The van der Waals surface area contributed by atoms with Crippen molar-refractivity contribution in [1.82, 2.24) is 34.5 Å². The summed E-state index contributed by atoms with van der Waals surface area (Å²) in [4.78, 5) is 43.6. The van der Waals surface area contributed by atoms with Crippen molar-refractivity contribution in [3.8, 4) is 0 Å². The number of likely N-dealkylation sites (N-methyl/N-ethyl adjacent to an activating group) is 2. The Morgan fingerprint density at radius 3 is 1.04 bits per heavy atom. The van der Waals surface area contributed by atoms with Crippen LogP contribution in [0.1, 0.15) is 44.4 Å². The Hall–Kier alpha value is -3.64. The first kappa shape index (κ1) is 72.4. The normalized spacial score (nSPS) is 10.5. The minimum absolute atomic E-state index is 0.0584. The fourth-order valence-electron chi connectivity index (χ4n) is 5.57. The van der Waals surface area contributed by atoms with E-state index in [1.54, 1.807) is 40.1 Å². The van der Waals surface area contributed by atoms with Gasteiger partial charge in [-0.05, 0) is 63.7 Å². The molecule has 0 aliphatic carbocycles. The number of nitrogens with zero attached hydrogens (tertiary/aromatic N) is 7. The fraction of sp³-hybridized carbons (Fsp3) is 0.422. The second-order valence-electron chi connectivity index (χ2n) is 15.4. The second-order valence-corrected chi connectivity index (χ2v) is 25.3. The quantitative estimate of drug-likeness (QED) is 0.0686. The molecule has 0 radical (unpaired) electrons. The van der Waals surface area contributed by atoms with Gasteiger partial charge in [0.15, 0.2) is 31.6 Å². The molecule has 0 saturated carbocycles. The average molecular weight is 1240 g/mol. The van der Waals surface area contributed by atoms with Gasteiger partial charge in [0.05, 0.1) is 13.1 Å². The van der Waals surface area contributed by atoms with E-state index in [0.717, 1.165) is 29.8 Å². The first-order valence-electron chi connectivity index (χ1n) is 21.9. The summed E-state index contributed by atoms with van der Waals surface area (Å²) in [5, 5.41) is 3.08. The molecule has 29 heteroatoms. The molecule has 0 unspecified atom stereocenters. The van der Waals surface area contributed by atoms with Gasteiger partial charge < -0.3 is 29.5 Å². The van der Waals surface area contributed by atoms with Gasteiger partial charge in [0.1, 0.15) is 38.1 Å². The number of ketones is 2. The van der Waals surface area contributed by atoms with Gasteiger partial charge in [0.2, 0.25) is 23.3 Å². The molecule has 0 bridgehead atoms. The lowest BCUT2D eigenvalue weighted by Crippen LogP contribution is -2.44. The van der Waals surface area contributed by atoms with Gasteiger partial charge in [-0.3, -0.25) is 19.4 Å². The van der Waals surface area contributed by atoms with Crippen LogP contribution in [0.25, 0.3) is 0 Å². The number of rotatable bonds is 19. The first-order chi connectivity index (χ1) is 34.2. The topological polar surface area (TPSA) is 228 Å². The van der Waals surface area contributed by atoms with Crippen LogP contribution in [0.4, 0.5) is 0 Å². The van der Waals surface area contributed by atoms with Crippen molar-refractivity contribution in [2.24, 2.45) is 11.7 Å². The lowest BCUT2D eigenvalue weighted by atomic mass is 10.2. The number of hydrogen-bond donors (Lipinski definition) is 2. The Morgan fingerprint density at radius 2 is 0.784 bits per heavy atom. The first-order valence-corrected chi connectivity index (χ1v) is 31.1. The third-order valence-electron chi connectivity index (χ3n) is 8.99. The maximum Gasteiger partial charge on any atom is 0.241 e. The molecular weight excluding hydrogens is 1170 g/mol. The third-order valence-corrected chi connectivity index (χ3v) is 15.5. The molecule has 3 rings (SSSR count). The Balaban J connectivity index is 0. The number of nitrogens with two attached hydrogens (primary N) is 2. The smallest absolute Gasteiger partial charge is 0.241 e. The lowest BCUT2D eigenvalue weighted by Gasteiger charge is -2.29. The van der Waals surface area contributed by atoms with Gasteiger partial charge in [0, 0.05) is 99.5 Å². The van der Waals surface area contributed by atoms with Gasteiger partial charge in [-0.1, -0.05) is 128 Å². The number of carbonyl (C=O) groups excluding carboxylic acids is 3. The molecule has 3 aromatic rings. The summed E-state index contributed by atoms with van der Waals surface area (Å²) >= 11 is 30.6. The van der Waals surface area contributed by atoms with Crippen molar-refractivity contribution in [2.75, 3.05) is 97.6 Å². The highest BCUT2D eigenvalue weighted by Crippen LogP contribution is 2.08. The van der Waals surface area contributed by atoms with Crippen molar-refractivity contribution in [3.63, 3.8) is 0 Å². The minimum Gasteiger partial charge on any atom is -0.358 e. The molecule has 0 aliphatic rings. The number of hydrogen-bond acceptors (Lipinski definition) is 16. The molecule has 0 fully saturated rings. The Morgan fingerprint density at radius 1 is 0.473 bits per heavy atom. The molecular formula is C45H66Cl3N9O9S8. The molecule has 0 spiro atoms. The van der Waals surface area contributed by atoms with Crippen LogP contribution in [-0.2, 0) is 42.3 Å². The SMILES string of the molecule is CCN(CC)C(=S)N(C)CS(=O)(=O)CC(=O)CN(C)C(=S)c1ccccc1.CCN(CC)C(=S)N(C)N.CN(CC(=O)CS(=O)(=O)Cl)C(=S)c1ccccc1.CN(N)C(=S)c1ccccc1.O=C(Cl)CS(=O)(=O)Cl. The number of sulfone groups is 1. The summed E-state index contributed by atoms with van der Waals surface area (Å²) in [6.07, 6.45) is 0. The van der Waals surface area contributed by atoms with Crippen LogP contribution < -0.4 is 11.7 Å². The number of Topliss-reactive ketones (excluding diaryl/α,β-unsaturated/α-hetero) is 2. The van der Waals surface area contributed by atoms with Crippen molar-refractivity contribution in [2.45, 2.75) is 27.7 Å². The van der Waals surface area contributed by atoms with E-state index < -0.39 is 62.0 Å². The van der Waals surface area contributed by atoms with Crippen LogP contribution in [-0.4, -0.2) is 199 Å². The van der Waals surface area contributed by atoms with Gasteiger partial charge in [-0.25, -0.2) is 36.9 Å². The van der Waals surface area contributed by atoms with Gasteiger partial charge in [0.25, 0.3) is 0 Å². The van der Waals surface area contributed by atoms with Crippen molar-refractivity contribution < 1.29 is 39.6 Å². The Bertz CT molecular complexity index is 2620. The predicted molar refractivity (Wildman–Crippen MR) is 321 cm³/mol. The highest BCUT2D eigenvalue weighted by Gasteiger charge is 2.23. The molecule has 3 aromatic carbocycles. The highest BCUT2D eigenvalue weighted by atomic mass is 35.7. The number of thiocarbonyl (C=S) groups is 5. The Labute approximate surface area is 478 Å². The van der Waals surface area contributed by atoms with E-state index >= 15 is 0 Å². The summed E-state index contributed by atoms with van der Waals surface area (Å²) in [7, 11) is 6.87. The predicted octanol–water partition coefficient (Wildman–Crippen LogP) is 5.13. The second kappa shape index (κ2) is 37.2. The average Bonchev–Trinajstić information content (AvgIpc) is 3.31. The largest absolute Gasteiger partial charge is 0.358 e. The minimum atomic E-state index is -3.81.